The zero-order chi connectivity index (χ0) is 19.1. The molecule has 1 aromatic carbocycles. The number of carbonyl (C=O) groups is 2. The molecule has 2 rings (SSSR count). The minimum Gasteiger partial charge on any atom is -0.360 e. The van der Waals surface area contributed by atoms with Gasteiger partial charge in [-0.25, -0.2) is 4.79 Å². The van der Waals surface area contributed by atoms with Crippen molar-refractivity contribution in [3.8, 4) is 0 Å². The van der Waals surface area contributed by atoms with Crippen molar-refractivity contribution in [2.75, 3.05) is 23.7 Å². The first-order valence-electron chi connectivity index (χ1n) is 7.92. The highest BCUT2D eigenvalue weighted by molar-refractivity contribution is 5.96. The van der Waals surface area contributed by atoms with Gasteiger partial charge in [0.15, 0.2) is 5.82 Å². The number of aryl methyl sites for hydroxylation is 1. The van der Waals surface area contributed by atoms with E-state index in [0.29, 0.717) is 24.4 Å². The molecule has 10 heteroatoms. The number of anilines is 2. The number of aromatic nitrogens is 1. The third-order valence-electron chi connectivity index (χ3n) is 3.34. The molecule has 2 N–H and O–H groups in total. The summed E-state index contributed by atoms with van der Waals surface area (Å²) in [6.45, 7) is 3.78. The van der Waals surface area contributed by atoms with Gasteiger partial charge >= 0.3 is 6.03 Å². The zero-order valence-electron chi connectivity index (χ0n) is 14.4. The number of nitro benzene ring substituents is 1. The van der Waals surface area contributed by atoms with Crippen molar-refractivity contribution in [1.29, 1.82) is 0 Å². The van der Waals surface area contributed by atoms with E-state index < -0.39 is 16.9 Å². The molecule has 0 saturated carbocycles. The molecular formula is C16H19N5O5. The first kappa shape index (κ1) is 18.9. The number of nitrogens with zero attached hydrogens (tertiary/aromatic N) is 3. The van der Waals surface area contributed by atoms with Gasteiger partial charge in [-0.3, -0.25) is 14.9 Å². The van der Waals surface area contributed by atoms with Gasteiger partial charge in [-0.05, 0) is 25.5 Å². The molecule has 3 amide bonds. The SMILES string of the molecule is CCCN(CC(=O)Nc1cc(C)on1)C(=O)Nc1ccc([N+](=O)[O-])cc1. The minimum absolute atomic E-state index is 0.0734. The fourth-order valence-corrected chi connectivity index (χ4v) is 2.17. The number of urea groups is 1. The summed E-state index contributed by atoms with van der Waals surface area (Å²) in [5, 5.41) is 19.5. The Hall–Kier alpha value is -3.43. The summed E-state index contributed by atoms with van der Waals surface area (Å²) in [6, 6.07) is 6.53. The first-order valence-corrected chi connectivity index (χ1v) is 7.92. The average Bonchev–Trinajstić information content (AvgIpc) is 2.99. The lowest BCUT2D eigenvalue weighted by Gasteiger charge is -2.21. The molecule has 10 nitrogen and oxygen atoms in total. The Morgan fingerprint density at radius 2 is 1.96 bits per heavy atom. The highest BCUT2D eigenvalue weighted by Crippen LogP contribution is 2.16. The summed E-state index contributed by atoms with van der Waals surface area (Å²) in [6.07, 6.45) is 0.657. The van der Waals surface area contributed by atoms with Crippen molar-refractivity contribution in [2.24, 2.45) is 0 Å². The lowest BCUT2D eigenvalue weighted by Crippen LogP contribution is -2.41. The lowest BCUT2D eigenvalue weighted by atomic mass is 10.3. The molecule has 0 unspecified atom stereocenters. The number of hydrogen-bond donors (Lipinski definition) is 2. The Balaban J connectivity index is 1.97. The van der Waals surface area contributed by atoms with E-state index in [2.05, 4.69) is 15.8 Å². The largest absolute Gasteiger partial charge is 0.360 e. The smallest absolute Gasteiger partial charge is 0.322 e. The van der Waals surface area contributed by atoms with Crippen LogP contribution in [-0.2, 0) is 4.79 Å². The van der Waals surface area contributed by atoms with Crippen molar-refractivity contribution in [3.63, 3.8) is 0 Å². The Morgan fingerprint density at radius 3 is 2.50 bits per heavy atom. The summed E-state index contributed by atoms with van der Waals surface area (Å²) in [5.41, 5.74) is 0.324. The molecule has 0 radical (unpaired) electrons. The maximum Gasteiger partial charge on any atom is 0.322 e. The summed E-state index contributed by atoms with van der Waals surface area (Å²) in [4.78, 5) is 35.9. The Bertz CT molecular complexity index is 787. The van der Waals surface area contributed by atoms with Gasteiger partial charge in [0.05, 0.1) is 4.92 Å². The number of nitrogens with one attached hydrogen (secondary N) is 2. The fraction of sp³-hybridized carbons (Fsp3) is 0.312. The molecular weight excluding hydrogens is 342 g/mol. The van der Waals surface area contributed by atoms with Crippen LogP contribution in [0.5, 0.6) is 0 Å². The summed E-state index contributed by atoms with van der Waals surface area (Å²) in [5.74, 6) is 0.423. The standard InChI is InChI=1S/C16H19N5O5/c1-3-8-20(10-15(22)18-14-9-11(2)26-19-14)16(23)17-12-4-6-13(7-5-12)21(24)25/h4-7,9H,3,8,10H2,1-2H3,(H,17,23)(H,18,19,22). The molecule has 138 valence electrons. The van der Waals surface area contributed by atoms with Crippen LogP contribution in [0.4, 0.5) is 22.0 Å². The van der Waals surface area contributed by atoms with Crippen LogP contribution in [0.15, 0.2) is 34.9 Å². The number of non-ortho nitro benzene ring substituents is 1. The van der Waals surface area contributed by atoms with E-state index >= 15 is 0 Å². The van der Waals surface area contributed by atoms with E-state index in [9.17, 15) is 19.7 Å². The third-order valence-corrected chi connectivity index (χ3v) is 3.34. The summed E-state index contributed by atoms with van der Waals surface area (Å²) in [7, 11) is 0. The Morgan fingerprint density at radius 1 is 1.27 bits per heavy atom. The fourth-order valence-electron chi connectivity index (χ4n) is 2.17. The number of carbonyl (C=O) groups excluding carboxylic acids is 2. The number of amides is 3. The molecule has 0 aliphatic carbocycles. The Labute approximate surface area is 149 Å². The van der Waals surface area contributed by atoms with Gasteiger partial charge < -0.3 is 20.1 Å². The number of rotatable bonds is 7. The highest BCUT2D eigenvalue weighted by atomic mass is 16.6. The van der Waals surface area contributed by atoms with E-state index in [1.54, 1.807) is 13.0 Å². The van der Waals surface area contributed by atoms with Gasteiger partial charge in [0, 0.05) is 30.4 Å². The molecule has 0 saturated heterocycles. The maximum atomic E-state index is 12.4. The summed E-state index contributed by atoms with van der Waals surface area (Å²) < 4.78 is 4.87. The molecule has 0 bridgehead atoms. The van der Waals surface area contributed by atoms with E-state index in [1.165, 1.54) is 29.2 Å². The molecule has 0 aliphatic heterocycles. The van der Waals surface area contributed by atoms with E-state index in [1.807, 2.05) is 6.92 Å². The second kappa shape index (κ2) is 8.60. The van der Waals surface area contributed by atoms with Gasteiger partial charge in [-0.15, -0.1) is 0 Å². The van der Waals surface area contributed by atoms with Crippen LogP contribution in [0.1, 0.15) is 19.1 Å². The highest BCUT2D eigenvalue weighted by Gasteiger charge is 2.18. The number of hydrogen-bond acceptors (Lipinski definition) is 6. The van der Waals surface area contributed by atoms with Crippen LogP contribution in [0.2, 0.25) is 0 Å². The molecule has 0 spiro atoms. The second-order valence-electron chi connectivity index (χ2n) is 5.53. The van der Waals surface area contributed by atoms with Gasteiger partial charge in [-0.1, -0.05) is 12.1 Å². The van der Waals surface area contributed by atoms with Crippen LogP contribution < -0.4 is 10.6 Å². The van der Waals surface area contributed by atoms with Crippen molar-refractivity contribution in [1.82, 2.24) is 10.1 Å². The van der Waals surface area contributed by atoms with Gasteiger partial charge in [0.25, 0.3) is 5.69 Å². The molecule has 1 aromatic heterocycles. The van der Waals surface area contributed by atoms with Crippen LogP contribution >= 0.6 is 0 Å². The van der Waals surface area contributed by atoms with Crippen LogP contribution in [-0.4, -0.2) is 40.0 Å². The first-order chi connectivity index (χ1) is 12.4. The van der Waals surface area contributed by atoms with Crippen LogP contribution in [0, 0.1) is 17.0 Å². The lowest BCUT2D eigenvalue weighted by molar-refractivity contribution is -0.384. The molecule has 0 aliphatic rings. The zero-order valence-corrected chi connectivity index (χ0v) is 14.4. The van der Waals surface area contributed by atoms with Gasteiger partial charge in [-0.2, -0.15) is 0 Å². The molecule has 1 heterocycles. The van der Waals surface area contributed by atoms with Gasteiger partial charge in [0.1, 0.15) is 12.3 Å². The molecule has 26 heavy (non-hydrogen) atoms. The molecule has 0 fully saturated rings. The van der Waals surface area contributed by atoms with E-state index in [-0.39, 0.29) is 18.1 Å². The number of benzene rings is 1. The van der Waals surface area contributed by atoms with E-state index in [4.69, 9.17) is 4.52 Å². The quantitative estimate of drug-likeness (QED) is 0.576. The normalized spacial score (nSPS) is 10.2. The maximum absolute atomic E-state index is 12.4. The van der Waals surface area contributed by atoms with Crippen molar-refractivity contribution < 1.29 is 19.0 Å². The molecule has 2 aromatic rings. The summed E-state index contributed by atoms with van der Waals surface area (Å²) >= 11 is 0. The van der Waals surface area contributed by atoms with Crippen molar-refractivity contribution in [3.05, 3.63) is 46.2 Å². The van der Waals surface area contributed by atoms with Crippen LogP contribution in [0.3, 0.4) is 0 Å². The monoisotopic (exact) mass is 361 g/mol. The number of nitro groups is 1. The third kappa shape index (κ3) is 5.30. The van der Waals surface area contributed by atoms with Crippen molar-refractivity contribution >= 4 is 29.1 Å². The Kier molecular flexibility index (Phi) is 6.25. The van der Waals surface area contributed by atoms with Gasteiger partial charge in [0.2, 0.25) is 5.91 Å². The minimum atomic E-state index is -0.523. The predicted octanol–water partition coefficient (Wildman–Crippen LogP) is 2.77. The van der Waals surface area contributed by atoms with E-state index in [0.717, 1.165) is 0 Å². The predicted molar refractivity (Wildman–Crippen MR) is 93.8 cm³/mol. The van der Waals surface area contributed by atoms with Crippen molar-refractivity contribution in [2.45, 2.75) is 20.3 Å². The topological polar surface area (TPSA) is 131 Å². The second-order valence-corrected chi connectivity index (χ2v) is 5.53. The average molecular weight is 361 g/mol. The molecule has 0 atom stereocenters. The van der Waals surface area contributed by atoms with Crippen LogP contribution in [0.25, 0.3) is 0 Å².